The number of nitriles is 1. The molecule has 0 aromatic carbocycles. The highest BCUT2D eigenvalue weighted by atomic mass is 16.5. The second kappa shape index (κ2) is 8.10. The van der Waals surface area contributed by atoms with Gasteiger partial charge in [-0.3, -0.25) is 4.79 Å². The number of nitrogens with one attached hydrogen (secondary N) is 1. The summed E-state index contributed by atoms with van der Waals surface area (Å²) in [5.74, 6) is -0.162. The van der Waals surface area contributed by atoms with E-state index in [2.05, 4.69) is 11.4 Å². The van der Waals surface area contributed by atoms with Gasteiger partial charge < -0.3 is 10.1 Å². The Morgan fingerprint density at radius 1 is 1.28 bits per heavy atom. The predicted molar refractivity (Wildman–Crippen MR) is 69.9 cm³/mol. The minimum Gasteiger partial charge on any atom is -0.372 e. The van der Waals surface area contributed by atoms with Gasteiger partial charge in [-0.05, 0) is 19.3 Å². The van der Waals surface area contributed by atoms with Gasteiger partial charge in [-0.25, -0.2) is 0 Å². The average molecular weight is 252 g/mol. The lowest BCUT2D eigenvalue weighted by Gasteiger charge is -2.29. The molecule has 0 atom stereocenters. The Balaban J connectivity index is 2.47. The lowest BCUT2D eigenvalue weighted by atomic mass is 9.85. The summed E-state index contributed by atoms with van der Waals surface area (Å²) in [6.07, 6.45) is 8.03. The van der Waals surface area contributed by atoms with Crippen LogP contribution in [0.25, 0.3) is 0 Å². The smallest absolute Gasteiger partial charge is 0.247 e. The van der Waals surface area contributed by atoms with Crippen LogP contribution in [0.5, 0.6) is 0 Å². The van der Waals surface area contributed by atoms with Crippen molar-refractivity contribution in [2.45, 2.75) is 63.8 Å². The molecule has 102 valence electrons. The van der Waals surface area contributed by atoms with Gasteiger partial charge in [-0.15, -0.1) is 0 Å². The molecule has 1 amide bonds. The second-order valence-electron chi connectivity index (χ2n) is 5.06. The van der Waals surface area contributed by atoms with Gasteiger partial charge >= 0.3 is 0 Å². The molecule has 0 aliphatic heterocycles. The van der Waals surface area contributed by atoms with Crippen molar-refractivity contribution in [2.75, 3.05) is 13.2 Å². The van der Waals surface area contributed by atoms with Crippen molar-refractivity contribution >= 4 is 5.91 Å². The maximum Gasteiger partial charge on any atom is 0.247 e. The van der Waals surface area contributed by atoms with E-state index in [1.165, 1.54) is 6.42 Å². The number of ether oxygens (including phenoxy) is 1. The number of rotatable bonds is 5. The average Bonchev–Trinajstić information content (AvgIpc) is 2.33. The van der Waals surface area contributed by atoms with Crippen LogP contribution < -0.4 is 5.32 Å². The first-order valence-electron chi connectivity index (χ1n) is 7.02. The summed E-state index contributed by atoms with van der Waals surface area (Å²) in [5, 5.41) is 12.3. The van der Waals surface area contributed by atoms with Crippen molar-refractivity contribution in [3.05, 3.63) is 0 Å². The molecule has 4 heteroatoms. The molecule has 1 fully saturated rings. The third-order valence-corrected chi connectivity index (χ3v) is 3.38. The Hall–Kier alpha value is -1.08. The summed E-state index contributed by atoms with van der Waals surface area (Å²) in [4.78, 5) is 11.8. The molecule has 1 aliphatic carbocycles. The molecule has 0 spiro atoms. The van der Waals surface area contributed by atoms with Crippen LogP contribution in [0.15, 0.2) is 0 Å². The van der Waals surface area contributed by atoms with Crippen molar-refractivity contribution in [3.63, 3.8) is 0 Å². The largest absolute Gasteiger partial charge is 0.372 e. The summed E-state index contributed by atoms with van der Waals surface area (Å²) in [6.45, 7) is 2.66. The van der Waals surface area contributed by atoms with E-state index in [4.69, 9.17) is 4.74 Å². The molecule has 0 unspecified atom stereocenters. The molecule has 0 aromatic heterocycles. The quantitative estimate of drug-likeness (QED) is 0.765. The minimum absolute atomic E-state index is 0.0667. The zero-order chi connectivity index (χ0) is 13.3. The van der Waals surface area contributed by atoms with Crippen LogP contribution in [0.2, 0.25) is 0 Å². The molecular formula is C14H24N2O2. The lowest BCUT2D eigenvalue weighted by molar-refractivity contribution is -0.127. The molecule has 1 N–H and O–H groups in total. The molecule has 0 aromatic rings. The van der Waals surface area contributed by atoms with Crippen LogP contribution in [0.1, 0.15) is 58.3 Å². The van der Waals surface area contributed by atoms with E-state index in [1.807, 2.05) is 6.92 Å². The van der Waals surface area contributed by atoms with Gasteiger partial charge in [-0.1, -0.05) is 39.0 Å². The summed E-state index contributed by atoms with van der Waals surface area (Å²) in [6, 6.07) is 2.32. The van der Waals surface area contributed by atoms with Crippen LogP contribution >= 0.6 is 0 Å². The molecule has 0 radical (unpaired) electrons. The summed E-state index contributed by atoms with van der Waals surface area (Å²) < 4.78 is 5.21. The lowest BCUT2D eigenvalue weighted by Crippen LogP contribution is -2.49. The van der Waals surface area contributed by atoms with Gasteiger partial charge in [0.15, 0.2) is 0 Å². The molecule has 0 saturated heterocycles. The number of nitrogens with zero attached hydrogens (tertiary/aromatic N) is 1. The monoisotopic (exact) mass is 252 g/mol. The van der Waals surface area contributed by atoms with Gasteiger partial charge in [-0.2, -0.15) is 5.26 Å². The topological polar surface area (TPSA) is 62.1 Å². The van der Waals surface area contributed by atoms with Crippen molar-refractivity contribution in [2.24, 2.45) is 0 Å². The molecular weight excluding hydrogens is 228 g/mol. The molecule has 4 nitrogen and oxygen atoms in total. The maximum atomic E-state index is 11.8. The van der Waals surface area contributed by atoms with E-state index >= 15 is 0 Å². The fourth-order valence-electron chi connectivity index (χ4n) is 2.39. The molecule has 18 heavy (non-hydrogen) atoms. The molecule has 0 bridgehead atoms. The van der Waals surface area contributed by atoms with Crippen LogP contribution in [0.3, 0.4) is 0 Å². The van der Waals surface area contributed by atoms with Crippen molar-refractivity contribution < 1.29 is 9.53 Å². The highest BCUT2D eigenvalue weighted by Crippen LogP contribution is 2.25. The zero-order valence-electron chi connectivity index (χ0n) is 11.3. The first kappa shape index (κ1) is 15.0. The third-order valence-electron chi connectivity index (χ3n) is 3.38. The third kappa shape index (κ3) is 5.05. The normalized spacial score (nSPS) is 19.3. The van der Waals surface area contributed by atoms with E-state index in [1.54, 1.807) is 0 Å². The fraction of sp³-hybridized carbons (Fsp3) is 0.857. The first-order chi connectivity index (χ1) is 8.72. The summed E-state index contributed by atoms with van der Waals surface area (Å²) in [7, 11) is 0. The maximum absolute atomic E-state index is 11.8. The van der Waals surface area contributed by atoms with Gasteiger partial charge in [0, 0.05) is 6.61 Å². The van der Waals surface area contributed by atoms with Crippen molar-refractivity contribution in [1.82, 2.24) is 5.32 Å². The van der Waals surface area contributed by atoms with Gasteiger partial charge in [0.1, 0.15) is 12.1 Å². The van der Waals surface area contributed by atoms with Crippen molar-refractivity contribution in [1.29, 1.82) is 5.26 Å². The van der Waals surface area contributed by atoms with Gasteiger partial charge in [0.25, 0.3) is 0 Å². The van der Waals surface area contributed by atoms with E-state index in [0.29, 0.717) is 6.61 Å². The number of carbonyl (C=O) groups excluding carboxylic acids is 1. The van der Waals surface area contributed by atoms with Crippen LogP contribution in [-0.2, 0) is 9.53 Å². The van der Waals surface area contributed by atoms with E-state index < -0.39 is 5.54 Å². The Morgan fingerprint density at radius 2 is 1.89 bits per heavy atom. The Labute approximate surface area is 110 Å². The highest BCUT2D eigenvalue weighted by molar-refractivity contribution is 5.78. The second-order valence-corrected chi connectivity index (χ2v) is 5.06. The Bertz CT molecular complexity index is 289. The van der Waals surface area contributed by atoms with E-state index in [-0.39, 0.29) is 12.5 Å². The van der Waals surface area contributed by atoms with Crippen LogP contribution in [-0.4, -0.2) is 24.7 Å². The number of hydrogen-bond acceptors (Lipinski definition) is 3. The van der Waals surface area contributed by atoms with Crippen molar-refractivity contribution in [3.8, 4) is 6.07 Å². The highest BCUT2D eigenvalue weighted by Gasteiger charge is 2.31. The Morgan fingerprint density at radius 3 is 2.44 bits per heavy atom. The number of amides is 1. The Kier molecular flexibility index (Phi) is 6.74. The summed E-state index contributed by atoms with van der Waals surface area (Å²) >= 11 is 0. The van der Waals surface area contributed by atoms with Crippen LogP contribution in [0, 0.1) is 11.3 Å². The zero-order valence-corrected chi connectivity index (χ0v) is 11.3. The SMILES string of the molecule is CCCOCC(=O)NC1(C#N)CCCCCCC1. The molecule has 1 saturated carbocycles. The summed E-state index contributed by atoms with van der Waals surface area (Å²) in [5.41, 5.74) is -0.660. The number of hydrogen-bond donors (Lipinski definition) is 1. The molecule has 1 aliphatic rings. The standard InChI is InChI=1S/C14H24N2O2/c1-2-10-18-11-13(17)16-14(12-15)8-6-4-3-5-7-9-14/h2-11H2,1H3,(H,16,17). The molecule has 0 heterocycles. The fourth-order valence-corrected chi connectivity index (χ4v) is 2.39. The molecule has 1 rings (SSSR count). The predicted octanol–water partition coefficient (Wildman–Crippen LogP) is 2.54. The van der Waals surface area contributed by atoms with Gasteiger partial charge in [0.05, 0.1) is 6.07 Å². The van der Waals surface area contributed by atoms with E-state index in [0.717, 1.165) is 44.9 Å². The minimum atomic E-state index is -0.660. The van der Waals surface area contributed by atoms with Crippen LogP contribution in [0.4, 0.5) is 0 Å². The number of carbonyl (C=O) groups is 1. The van der Waals surface area contributed by atoms with Gasteiger partial charge in [0.2, 0.25) is 5.91 Å². The first-order valence-corrected chi connectivity index (χ1v) is 7.02. The van der Waals surface area contributed by atoms with E-state index in [9.17, 15) is 10.1 Å².